The van der Waals surface area contributed by atoms with Crippen molar-refractivity contribution in [2.75, 3.05) is 24.5 Å². The van der Waals surface area contributed by atoms with E-state index in [0.29, 0.717) is 12.0 Å². The molecule has 1 aliphatic carbocycles. The van der Waals surface area contributed by atoms with Crippen LogP contribution in [0.15, 0.2) is 46.9 Å². The highest BCUT2D eigenvalue weighted by molar-refractivity contribution is 9.10. The van der Waals surface area contributed by atoms with Gasteiger partial charge in [0.15, 0.2) is 0 Å². The van der Waals surface area contributed by atoms with E-state index < -0.39 is 0 Å². The lowest BCUT2D eigenvalue weighted by atomic mass is 9.80. The van der Waals surface area contributed by atoms with E-state index in [-0.39, 0.29) is 5.91 Å². The van der Waals surface area contributed by atoms with Gasteiger partial charge < -0.3 is 9.80 Å². The van der Waals surface area contributed by atoms with Crippen molar-refractivity contribution >= 4 is 27.5 Å². The van der Waals surface area contributed by atoms with Crippen molar-refractivity contribution in [3.05, 3.63) is 63.6 Å². The number of carbonyl (C=O) groups is 1. The fourth-order valence-corrected chi connectivity index (χ4v) is 5.54. The van der Waals surface area contributed by atoms with Crippen LogP contribution in [-0.4, -0.2) is 36.5 Å². The average Bonchev–Trinajstić information content (AvgIpc) is 3.09. The predicted octanol–water partition coefficient (Wildman–Crippen LogP) is 5.63. The Labute approximate surface area is 176 Å². The van der Waals surface area contributed by atoms with Crippen molar-refractivity contribution in [1.82, 2.24) is 4.90 Å². The molecule has 4 heteroatoms. The Bertz CT molecular complexity index is 845. The van der Waals surface area contributed by atoms with E-state index in [0.717, 1.165) is 43.7 Å². The first-order valence-electron chi connectivity index (χ1n) is 10.6. The molecule has 1 aliphatic heterocycles. The van der Waals surface area contributed by atoms with Crippen LogP contribution >= 0.6 is 15.9 Å². The molecule has 2 aromatic carbocycles. The first kappa shape index (κ1) is 19.7. The van der Waals surface area contributed by atoms with Crippen LogP contribution in [0, 0.1) is 0 Å². The first-order chi connectivity index (χ1) is 13.6. The summed E-state index contributed by atoms with van der Waals surface area (Å²) in [5.41, 5.74) is 4.71. The third-order valence-electron chi connectivity index (χ3n) is 6.18. The minimum Gasteiger partial charge on any atom is -0.307 e. The molecule has 0 fully saturated rings. The SMILES string of the molecule is CCCN(CCC)[C@@H]1Cc2c(Br)ccc3c2[C@H](C1)CN3C(=O)c1ccccc1. The van der Waals surface area contributed by atoms with E-state index >= 15 is 0 Å². The zero-order chi connectivity index (χ0) is 19.7. The van der Waals surface area contributed by atoms with Gasteiger partial charge >= 0.3 is 0 Å². The minimum absolute atomic E-state index is 0.120. The second-order valence-corrected chi connectivity index (χ2v) is 8.92. The number of hydrogen-bond donors (Lipinski definition) is 0. The second kappa shape index (κ2) is 8.38. The number of amides is 1. The van der Waals surface area contributed by atoms with Crippen molar-refractivity contribution < 1.29 is 4.79 Å². The Balaban J connectivity index is 1.67. The molecule has 1 amide bonds. The molecular formula is C24H29BrN2O. The Morgan fingerprint density at radius 2 is 1.82 bits per heavy atom. The van der Waals surface area contributed by atoms with Crippen molar-refractivity contribution in [2.45, 2.75) is 51.5 Å². The van der Waals surface area contributed by atoms with Crippen LogP contribution in [0.25, 0.3) is 0 Å². The van der Waals surface area contributed by atoms with Gasteiger partial charge in [0.25, 0.3) is 5.91 Å². The minimum atomic E-state index is 0.120. The van der Waals surface area contributed by atoms with E-state index in [1.165, 1.54) is 28.4 Å². The standard InChI is InChI=1S/C24H29BrN2O/c1-3-12-26(13-4-2)19-14-18-16-27(24(28)17-8-6-5-7-9-17)22-11-10-21(25)20(15-19)23(18)22/h5-11,18-19H,3-4,12-16H2,1-2H3/t18-,19+/m1/s1. The molecule has 3 nitrogen and oxygen atoms in total. The van der Waals surface area contributed by atoms with Gasteiger partial charge in [0.05, 0.1) is 0 Å². The molecule has 1 heterocycles. The Morgan fingerprint density at radius 1 is 1.11 bits per heavy atom. The maximum absolute atomic E-state index is 13.2. The van der Waals surface area contributed by atoms with Gasteiger partial charge in [-0.05, 0) is 74.2 Å². The summed E-state index contributed by atoms with van der Waals surface area (Å²) >= 11 is 3.81. The number of carbonyl (C=O) groups excluding carboxylic acids is 1. The van der Waals surface area contributed by atoms with Crippen molar-refractivity contribution in [3.63, 3.8) is 0 Å². The van der Waals surface area contributed by atoms with Crippen LogP contribution in [-0.2, 0) is 6.42 Å². The summed E-state index contributed by atoms with van der Waals surface area (Å²) in [6.45, 7) is 7.65. The highest BCUT2D eigenvalue weighted by atomic mass is 79.9. The monoisotopic (exact) mass is 440 g/mol. The molecule has 28 heavy (non-hydrogen) atoms. The van der Waals surface area contributed by atoms with Gasteiger partial charge in [0.2, 0.25) is 0 Å². The third kappa shape index (κ3) is 3.53. The zero-order valence-electron chi connectivity index (χ0n) is 16.8. The lowest BCUT2D eigenvalue weighted by Crippen LogP contribution is -2.41. The normalized spacial score (nSPS) is 20.5. The van der Waals surface area contributed by atoms with E-state index in [9.17, 15) is 4.79 Å². The van der Waals surface area contributed by atoms with Gasteiger partial charge in [-0.25, -0.2) is 0 Å². The molecule has 4 rings (SSSR count). The van der Waals surface area contributed by atoms with Crippen LogP contribution in [0.5, 0.6) is 0 Å². The fourth-order valence-electron chi connectivity index (χ4n) is 5.03. The van der Waals surface area contributed by atoms with Crippen LogP contribution in [0.2, 0.25) is 0 Å². The number of hydrogen-bond acceptors (Lipinski definition) is 2. The van der Waals surface area contributed by atoms with Gasteiger partial charge in [-0.2, -0.15) is 0 Å². The van der Waals surface area contributed by atoms with Crippen molar-refractivity contribution in [1.29, 1.82) is 0 Å². The lowest BCUT2D eigenvalue weighted by Gasteiger charge is -2.37. The molecule has 0 saturated carbocycles. The summed E-state index contributed by atoms with van der Waals surface area (Å²) in [6.07, 6.45) is 4.60. The third-order valence-corrected chi connectivity index (χ3v) is 6.92. The summed E-state index contributed by atoms with van der Waals surface area (Å²) < 4.78 is 1.20. The van der Waals surface area contributed by atoms with E-state index in [1.54, 1.807) is 0 Å². The quantitative estimate of drug-likeness (QED) is 0.580. The van der Waals surface area contributed by atoms with Crippen LogP contribution < -0.4 is 4.90 Å². The fraction of sp³-hybridized carbons (Fsp3) is 0.458. The topological polar surface area (TPSA) is 23.6 Å². The molecule has 2 aromatic rings. The molecular weight excluding hydrogens is 412 g/mol. The average molecular weight is 441 g/mol. The van der Waals surface area contributed by atoms with Crippen LogP contribution in [0.1, 0.15) is 60.5 Å². The predicted molar refractivity (Wildman–Crippen MR) is 119 cm³/mol. The summed E-state index contributed by atoms with van der Waals surface area (Å²) in [6, 6.07) is 14.5. The maximum atomic E-state index is 13.2. The molecule has 0 saturated heterocycles. The van der Waals surface area contributed by atoms with E-state index in [4.69, 9.17) is 0 Å². The summed E-state index contributed by atoms with van der Waals surface area (Å²) in [5, 5.41) is 0. The van der Waals surface area contributed by atoms with Gasteiger partial charge in [-0.1, -0.05) is 48.0 Å². The van der Waals surface area contributed by atoms with E-state index in [2.05, 4.69) is 46.8 Å². The maximum Gasteiger partial charge on any atom is 0.258 e. The summed E-state index contributed by atoms with van der Waals surface area (Å²) in [5.74, 6) is 0.556. The molecule has 2 atom stereocenters. The summed E-state index contributed by atoms with van der Waals surface area (Å²) in [7, 11) is 0. The van der Waals surface area contributed by atoms with Gasteiger partial charge in [-0.15, -0.1) is 0 Å². The zero-order valence-corrected chi connectivity index (χ0v) is 18.4. The second-order valence-electron chi connectivity index (χ2n) is 8.07. The molecule has 148 valence electrons. The van der Waals surface area contributed by atoms with Crippen molar-refractivity contribution in [2.24, 2.45) is 0 Å². The molecule has 0 aromatic heterocycles. The smallest absolute Gasteiger partial charge is 0.258 e. The first-order valence-corrected chi connectivity index (χ1v) is 11.4. The number of anilines is 1. The number of nitrogens with zero attached hydrogens (tertiary/aromatic N) is 2. The molecule has 0 bridgehead atoms. The molecule has 0 radical (unpaired) electrons. The van der Waals surface area contributed by atoms with Crippen LogP contribution in [0.4, 0.5) is 5.69 Å². The Hall–Kier alpha value is -1.65. The molecule has 0 unspecified atom stereocenters. The van der Waals surface area contributed by atoms with Crippen LogP contribution in [0.3, 0.4) is 0 Å². The molecule has 0 spiro atoms. The number of rotatable bonds is 6. The highest BCUT2D eigenvalue weighted by Gasteiger charge is 2.40. The van der Waals surface area contributed by atoms with Crippen molar-refractivity contribution in [3.8, 4) is 0 Å². The Morgan fingerprint density at radius 3 is 2.50 bits per heavy atom. The van der Waals surface area contributed by atoms with E-state index in [1.807, 2.05) is 35.2 Å². The summed E-state index contributed by atoms with van der Waals surface area (Å²) in [4.78, 5) is 17.9. The largest absolute Gasteiger partial charge is 0.307 e. The molecule has 0 N–H and O–H groups in total. The van der Waals surface area contributed by atoms with Gasteiger partial charge in [-0.3, -0.25) is 4.79 Å². The lowest BCUT2D eigenvalue weighted by molar-refractivity contribution is 0.0986. The molecule has 2 aliphatic rings. The Kier molecular flexibility index (Phi) is 5.88. The number of benzene rings is 2. The van der Waals surface area contributed by atoms with Gasteiger partial charge in [0, 0.05) is 34.2 Å². The highest BCUT2D eigenvalue weighted by Crippen LogP contribution is 2.48. The van der Waals surface area contributed by atoms with Gasteiger partial charge in [0.1, 0.15) is 0 Å². The number of halogens is 1.